The SMILES string of the molecule is CNC[C@H]1CCN(C)[C@H]1C. The number of hydrogen-bond acceptors (Lipinski definition) is 2. The van der Waals surface area contributed by atoms with Crippen LogP contribution in [0.25, 0.3) is 0 Å². The number of nitrogens with zero attached hydrogens (tertiary/aromatic N) is 1. The summed E-state index contributed by atoms with van der Waals surface area (Å²) in [6.45, 7) is 4.76. The third-order valence-electron chi connectivity index (χ3n) is 2.70. The zero-order valence-electron chi connectivity index (χ0n) is 7.22. The first-order valence-corrected chi connectivity index (χ1v) is 4.10. The van der Waals surface area contributed by atoms with E-state index in [0.717, 1.165) is 12.0 Å². The number of likely N-dealkylation sites (tertiary alicyclic amines) is 1. The molecule has 1 aliphatic heterocycles. The van der Waals surface area contributed by atoms with E-state index in [1.807, 2.05) is 7.05 Å². The molecule has 0 radical (unpaired) electrons. The highest BCUT2D eigenvalue weighted by Crippen LogP contribution is 2.20. The Labute approximate surface area is 63.6 Å². The Morgan fingerprint density at radius 2 is 2.30 bits per heavy atom. The molecule has 0 amide bonds. The lowest BCUT2D eigenvalue weighted by atomic mass is 10.0. The molecule has 0 saturated carbocycles. The van der Waals surface area contributed by atoms with Crippen LogP contribution in [-0.2, 0) is 0 Å². The van der Waals surface area contributed by atoms with E-state index in [1.54, 1.807) is 0 Å². The number of rotatable bonds is 2. The van der Waals surface area contributed by atoms with Gasteiger partial charge in [-0.15, -0.1) is 0 Å². The van der Waals surface area contributed by atoms with Gasteiger partial charge in [-0.1, -0.05) is 0 Å². The van der Waals surface area contributed by atoms with Crippen LogP contribution in [0.2, 0.25) is 0 Å². The third kappa shape index (κ3) is 1.50. The predicted octanol–water partition coefficient (Wildman–Crippen LogP) is 0.546. The van der Waals surface area contributed by atoms with Crippen molar-refractivity contribution in [1.29, 1.82) is 0 Å². The lowest BCUT2D eigenvalue weighted by Crippen LogP contribution is -2.30. The maximum Gasteiger partial charge on any atom is 0.0105 e. The summed E-state index contributed by atoms with van der Waals surface area (Å²) in [5.41, 5.74) is 0. The van der Waals surface area contributed by atoms with Gasteiger partial charge in [0, 0.05) is 6.04 Å². The van der Waals surface area contributed by atoms with Crippen molar-refractivity contribution in [3.63, 3.8) is 0 Å². The van der Waals surface area contributed by atoms with Crippen molar-refractivity contribution in [2.75, 3.05) is 27.2 Å². The van der Waals surface area contributed by atoms with Gasteiger partial charge in [-0.3, -0.25) is 0 Å². The highest BCUT2D eigenvalue weighted by Gasteiger charge is 2.26. The van der Waals surface area contributed by atoms with Gasteiger partial charge in [0.05, 0.1) is 0 Å². The molecule has 0 spiro atoms. The van der Waals surface area contributed by atoms with Crippen molar-refractivity contribution >= 4 is 0 Å². The molecule has 0 bridgehead atoms. The second-order valence-corrected chi connectivity index (χ2v) is 3.33. The van der Waals surface area contributed by atoms with E-state index in [9.17, 15) is 0 Å². The molecule has 1 heterocycles. The topological polar surface area (TPSA) is 15.3 Å². The molecule has 2 nitrogen and oxygen atoms in total. The van der Waals surface area contributed by atoms with Gasteiger partial charge in [-0.05, 0) is 46.4 Å². The molecular weight excluding hydrogens is 124 g/mol. The average Bonchev–Trinajstić information content (AvgIpc) is 2.20. The molecule has 1 saturated heterocycles. The minimum absolute atomic E-state index is 0.771. The molecule has 0 aliphatic carbocycles. The van der Waals surface area contributed by atoms with Crippen LogP contribution in [0, 0.1) is 5.92 Å². The molecule has 1 aliphatic rings. The molecule has 1 fully saturated rings. The fourth-order valence-corrected chi connectivity index (χ4v) is 1.71. The van der Waals surface area contributed by atoms with Crippen LogP contribution in [0.1, 0.15) is 13.3 Å². The molecule has 60 valence electrons. The Bertz CT molecular complexity index is 101. The Kier molecular flexibility index (Phi) is 2.69. The number of nitrogens with one attached hydrogen (secondary N) is 1. The summed E-state index contributed by atoms with van der Waals surface area (Å²) in [5, 5.41) is 3.23. The average molecular weight is 142 g/mol. The predicted molar refractivity (Wildman–Crippen MR) is 44.1 cm³/mol. The van der Waals surface area contributed by atoms with Crippen molar-refractivity contribution in [2.24, 2.45) is 5.92 Å². The molecule has 10 heavy (non-hydrogen) atoms. The molecule has 0 unspecified atom stereocenters. The standard InChI is InChI=1S/C8H18N2/c1-7-8(6-9-2)4-5-10(7)3/h7-9H,4-6H2,1-3H3/t7-,8+/m0/s1. The van der Waals surface area contributed by atoms with Gasteiger partial charge in [0.2, 0.25) is 0 Å². The van der Waals surface area contributed by atoms with Gasteiger partial charge >= 0.3 is 0 Å². The van der Waals surface area contributed by atoms with E-state index >= 15 is 0 Å². The fraction of sp³-hybridized carbons (Fsp3) is 1.00. The maximum absolute atomic E-state index is 3.23. The molecular formula is C8H18N2. The van der Waals surface area contributed by atoms with Crippen molar-refractivity contribution in [3.8, 4) is 0 Å². The largest absolute Gasteiger partial charge is 0.319 e. The summed E-state index contributed by atoms with van der Waals surface area (Å²) < 4.78 is 0. The van der Waals surface area contributed by atoms with E-state index < -0.39 is 0 Å². The summed E-state index contributed by atoms with van der Waals surface area (Å²) in [4.78, 5) is 2.43. The maximum atomic E-state index is 3.23. The van der Waals surface area contributed by atoms with Crippen molar-refractivity contribution < 1.29 is 0 Å². The Morgan fingerprint density at radius 1 is 1.60 bits per heavy atom. The Balaban J connectivity index is 2.33. The lowest BCUT2D eigenvalue weighted by molar-refractivity contribution is 0.290. The first-order valence-electron chi connectivity index (χ1n) is 4.10. The van der Waals surface area contributed by atoms with Crippen LogP contribution in [-0.4, -0.2) is 38.1 Å². The fourth-order valence-electron chi connectivity index (χ4n) is 1.71. The highest BCUT2D eigenvalue weighted by atomic mass is 15.2. The molecule has 1 N–H and O–H groups in total. The monoisotopic (exact) mass is 142 g/mol. The first kappa shape index (κ1) is 8.02. The lowest BCUT2D eigenvalue weighted by Gasteiger charge is -2.19. The molecule has 2 heteroatoms. The van der Waals surface area contributed by atoms with Crippen molar-refractivity contribution in [3.05, 3.63) is 0 Å². The van der Waals surface area contributed by atoms with Crippen molar-refractivity contribution in [1.82, 2.24) is 10.2 Å². The van der Waals surface area contributed by atoms with E-state index in [2.05, 4.69) is 24.2 Å². The zero-order chi connectivity index (χ0) is 7.56. The molecule has 0 aromatic carbocycles. The van der Waals surface area contributed by atoms with Crippen molar-refractivity contribution in [2.45, 2.75) is 19.4 Å². The van der Waals surface area contributed by atoms with Gasteiger partial charge in [0.1, 0.15) is 0 Å². The Morgan fingerprint density at radius 3 is 2.70 bits per heavy atom. The van der Waals surface area contributed by atoms with E-state index in [-0.39, 0.29) is 0 Å². The molecule has 2 atom stereocenters. The van der Waals surface area contributed by atoms with E-state index in [0.29, 0.717) is 0 Å². The Hall–Kier alpha value is -0.0800. The summed E-state index contributed by atoms with van der Waals surface area (Å²) >= 11 is 0. The quantitative estimate of drug-likeness (QED) is 0.605. The number of hydrogen-bond donors (Lipinski definition) is 1. The van der Waals surface area contributed by atoms with Crippen LogP contribution >= 0.6 is 0 Å². The first-order chi connectivity index (χ1) is 4.75. The van der Waals surface area contributed by atoms with Crippen LogP contribution in [0.15, 0.2) is 0 Å². The minimum atomic E-state index is 0.771. The van der Waals surface area contributed by atoms with Gasteiger partial charge in [-0.25, -0.2) is 0 Å². The van der Waals surface area contributed by atoms with Crippen LogP contribution in [0.5, 0.6) is 0 Å². The normalized spacial score (nSPS) is 35.1. The van der Waals surface area contributed by atoms with Gasteiger partial charge in [0.25, 0.3) is 0 Å². The van der Waals surface area contributed by atoms with Gasteiger partial charge in [-0.2, -0.15) is 0 Å². The van der Waals surface area contributed by atoms with E-state index in [1.165, 1.54) is 19.5 Å². The summed E-state index contributed by atoms with van der Waals surface area (Å²) in [6.07, 6.45) is 1.36. The third-order valence-corrected chi connectivity index (χ3v) is 2.70. The molecule has 0 aromatic rings. The van der Waals surface area contributed by atoms with E-state index in [4.69, 9.17) is 0 Å². The summed E-state index contributed by atoms with van der Waals surface area (Å²) in [6, 6.07) is 0.771. The van der Waals surface area contributed by atoms with Crippen LogP contribution in [0.3, 0.4) is 0 Å². The molecule has 1 rings (SSSR count). The second-order valence-electron chi connectivity index (χ2n) is 3.33. The van der Waals surface area contributed by atoms with Crippen LogP contribution in [0.4, 0.5) is 0 Å². The van der Waals surface area contributed by atoms with Gasteiger partial charge < -0.3 is 10.2 Å². The second kappa shape index (κ2) is 3.35. The highest BCUT2D eigenvalue weighted by molar-refractivity contribution is 4.82. The van der Waals surface area contributed by atoms with Crippen LogP contribution < -0.4 is 5.32 Å². The summed E-state index contributed by atoms with van der Waals surface area (Å²) in [5.74, 6) is 0.870. The minimum Gasteiger partial charge on any atom is -0.319 e. The zero-order valence-corrected chi connectivity index (χ0v) is 7.22. The molecule has 0 aromatic heterocycles. The van der Waals surface area contributed by atoms with Gasteiger partial charge in [0.15, 0.2) is 0 Å². The smallest absolute Gasteiger partial charge is 0.0105 e. The summed E-state index contributed by atoms with van der Waals surface area (Å²) in [7, 11) is 4.24.